The van der Waals surface area contributed by atoms with Crippen LogP contribution in [-0.4, -0.2) is 44.2 Å². The number of nitrogens with zero attached hydrogens (tertiary/aromatic N) is 3. The second kappa shape index (κ2) is 20.1. The predicted molar refractivity (Wildman–Crippen MR) is 242 cm³/mol. The molecule has 4 aromatic carbocycles. The zero-order valence-electron chi connectivity index (χ0n) is 35.7. The third kappa shape index (κ3) is 12.7. The maximum absolute atomic E-state index is 14.1. The summed E-state index contributed by atoms with van der Waals surface area (Å²) < 4.78 is 72.8. The van der Waals surface area contributed by atoms with Crippen molar-refractivity contribution in [1.29, 1.82) is 0 Å². The molecule has 0 aliphatic rings. The van der Waals surface area contributed by atoms with Gasteiger partial charge in [0.2, 0.25) is 0 Å². The number of non-ortho nitro benzene ring substituents is 1. The molecule has 1 aromatic heterocycles. The minimum Gasteiger partial charge on any atom is -0.492 e. The van der Waals surface area contributed by atoms with Crippen LogP contribution in [0.1, 0.15) is 92.1 Å². The fourth-order valence-corrected chi connectivity index (χ4v) is 9.79. The van der Waals surface area contributed by atoms with Crippen LogP contribution in [0.25, 0.3) is 10.9 Å². The number of anilines is 3. The van der Waals surface area contributed by atoms with Gasteiger partial charge in [-0.25, -0.2) is 31.7 Å². The molecule has 0 saturated carbocycles. The number of carbonyl (C=O) groups is 1. The number of carbonyl (C=O) groups excluding carboxylic acids is 1. The number of fused-ring (bicyclic) bond motifs is 1. The zero-order valence-corrected chi connectivity index (χ0v) is 38.0. The van der Waals surface area contributed by atoms with E-state index in [1.165, 1.54) is 78.0 Å². The first-order valence-corrected chi connectivity index (χ1v) is 23.5. The molecule has 0 atom stereocenters. The summed E-state index contributed by atoms with van der Waals surface area (Å²) in [6.45, 7) is 12.7. The lowest BCUT2D eigenvalue weighted by molar-refractivity contribution is -0.383. The first-order chi connectivity index (χ1) is 29.2. The molecule has 4 N–H and O–H groups in total. The Bertz CT molecular complexity index is 2590. The smallest absolute Gasteiger partial charge is 0.427 e. The molecule has 1 amide bonds. The molecule has 0 spiro atoms. The molecule has 5 rings (SSSR count). The molecule has 334 valence electrons. The Morgan fingerprint density at radius 1 is 0.839 bits per heavy atom. The number of benzene rings is 4. The molecule has 0 aliphatic carbocycles. The van der Waals surface area contributed by atoms with Crippen LogP contribution in [0.15, 0.2) is 94.9 Å². The average Bonchev–Trinajstić information content (AvgIpc) is 3.63. The number of hydrazine groups is 1. The van der Waals surface area contributed by atoms with Crippen LogP contribution in [0.3, 0.4) is 0 Å². The molecule has 16 nitrogen and oxygen atoms in total. The van der Waals surface area contributed by atoms with Gasteiger partial charge < -0.3 is 9.47 Å². The molecule has 0 saturated heterocycles. The molecule has 62 heavy (non-hydrogen) atoms. The van der Waals surface area contributed by atoms with Gasteiger partial charge in [-0.2, -0.15) is 5.10 Å². The van der Waals surface area contributed by atoms with Crippen molar-refractivity contribution in [3.8, 4) is 5.75 Å². The van der Waals surface area contributed by atoms with E-state index >= 15 is 0 Å². The van der Waals surface area contributed by atoms with E-state index in [1.807, 2.05) is 6.07 Å². The van der Waals surface area contributed by atoms with Crippen molar-refractivity contribution in [3.63, 3.8) is 0 Å². The van der Waals surface area contributed by atoms with E-state index in [9.17, 15) is 31.7 Å². The van der Waals surface area contributed by atoms with Crippen molar-refractivity contribution in [2.24, 2.45) is 5.41 Å². The number of aromatic nitrogens is 2. The molecule has 0 bridgehead atoms. The van der Waals surface area contributed by atoms with Crippen molar-refractivity contribution >= 4 is 71.4 Å². The van der Waals surface area contributed by atoms with Crippen molar-refractivity contribution in [3.05, 3.63) is 106 Å². The minimum absolute atomic E-state index is 0.0211. The number of nitro groups is 1. The van der Waals surface area contributed by atoms with Crippen LogP contribution in [-0.2, 0) is 36.9 Å². The number of sulfonamides is 2. The summed E-state index contributed by atoms with van der Waals surface area (Å²) in [5.74, 6) is 0.222. The predicted octanol–water partition coefficient (Wildman–Crippen LogP) is 10.4. The SMILES string of the molecule is CCCCCCCCOc1ccc(C(C)(C)CC(C)(C)C)cc1S(=O)(=O)Nc1cccc(S(=O)(=O)Nc2ccc(NNC(=O)OCn3ncc4c([N+](=O)[O-])ccc(Cl)c43)cc2)c1. The highest BCUT2D eigenvalue weighted by Crippen LogP contribution is 2.39. The van der Waals surface area contributed by atoms with Crippen LogP contribution in [0, 0.1) is 15.5 Å². The highest BCUT2D eigenvalue weighted by Gasteiger charge is 2.30. The van der Waals surface area contributed by atoms with Gasteiger partial charge in [-0.3, -0.25) is 25.0 Å². The summed E-state index contributed by atoms with van der Waals surface area (Å²) in [5, 5.41) is 15.8. The van der Waals surface area contributed by atoms with E-state index in [4.69, 9.17) is 21.1 Å². The Labute approximate surface area is 367 Å². The number of hydrogen-bond acceptors (Lipinski definition) is 11. The molecule has 19 heteroatoms. The number of nitrogens with one attached hydrogen (secondary N) is 4. The number of ether oxygens (including phenoxy) is 2. The van der Waals surface area contributed by atoms with Crippen molar-refractivity contribution in [2.45, 2.75) is 108 Å². The maximum Gasteiger partial charge on any atom is 0.427 e. The summed E-state index contributed by atoms with van der Waals surface area (Å²) in [4.78, 5) is 23.0. The second-order valence-electron chi connectivity index (χ2n) is 16.8. The Kier molecular flexibility index (Phi) is 15.4. The molecule has 0 radical (unpaired) electrons. The van der Waals surface area contributed by atoms with Crippen molar-refractivity contribution < 1.29 is 36.0 Å². The lowest BCUT2D eigenvalue weighted by atomic mass is 9.72. The number of halogens is 1. The molecular weight excluding hydrogens is 858 g/mol. The molecule has 0 unspecified atom stereocenters. The Hall–Kier alpha value is -5.59. The first-order valence-electron chi connectivity index (χ1n) is 20.2. The molecular formula is C43H54ClN7O9S2. The van der Waals surface area contributed by atoms with Crippen LogP contribution < -0.4 is 25.0 Å². The van der Waals surface area contributed by atoms with E-state index in [0.717, 1.165) is 44.1 Å². The van der Waals surface area contributed by atoms with Gasteiger partial charge in [0.1, 0.15) is 10.6 Å². The summed E-state index contributed by atoms with van der Waals surface area (Å²) in [6, 6.07) is 19.3. The Balaban J connectivity index is 1.23. The maximum atomic E-state index is 14.1. The van der Waals surface area contributed by atoms with E-state index in [-0.39, 0.29) is 59.4 Å². The van der Waals surface area contributed by atoms with Gasteiger partial charge in [0.05, 0.1) is 49.9 Å². The quantitative estimate of drug-likeness (QED) is 0.0309. The largest absolute Gasteiger partial charge is 0.492 e. The number of rotatable bonds is 21. The number of hydrogen-bond donors (Lipinski definition) is 4. The Morgan fingerprint density at radius 3 is 2.21 bits per heavy atom. The molecule has 0 aliphatic heterocycles. The summed E-state index contributed by atoms with van der Waals surface area (Å²) in [5.41, 5.74) is 6.03. The topological polar surface area (TPSA) is 213 Å². The normalized spacial score (nSPS) is 12.2. The molecule has 0 fully saturated rings. The third-order valence-corrected chi connectivity index (χ3v) is 12.9. The van der Waals surface area contributed by atoms with Gasteiger partial charge in [0, 0.05) is 11.8 Å². The monoisotopic (exact) mass is 911 g/mol. The lowest BCUT2D eigenvalue weighted by Crippen LogP contribution is -2.30. The van der Waals surface area contributed by atoms with E-state index in [0.29, 0.717) is 12.3 Å². The van der Waals surface area contributed by atoms with E-state index in [1.54, 1.807) is 12.1 Å². The standard InChI is InChI=1S/C43H54ClN7O9S2/c1-7-8-9-10-11-12-24-59-38-23-16-30(43(5,6)28-42(2,3)4)25-39(38)62(57,58)49-33-14-13-15-34(26-33)61(55,56)48-32-19-17-31(18-20-32)46-47-41(52)60-29-50-40-35(27-45-50)37(51(53)54)22-21-36(40)44/h13-23,25-27,46,48-49H,7-12,24,28-29H2,1-6H3,(H,47,52). The summed E-state index contributed by atoms with van der Waals surface area (Å²) in [6.07, 6.45) is 7.45. The van der Waals surface area contributed by atoms with Gasteiger partial charge in [0.25, 0.3) is 25.7 Å². The number of amides is 1. The van der Waals surface area contributed by atoms with Gasteiger partial charge in [-0.15, -0.1) is 0 Å². The zero-order chi connectivity index (χ0) is 45.3. The van der Waals surface area contributed by atoms with Crippen LogP contribution in [0.4, 0.5) is 27.5 Å². The number of nitro benzene ring substituents is 1. The second-order valence-corrected chi connectivity index (χ2v) is 20.5. The van der Waals surface area contributed by atoms with Gasteiger partial charge in [0.15, 0.2) is 6.73 Å². The lowest BCUT2D eigenvalue weighted by Gasteiger charge is -2.33. The minimum atomic E-state index is -4.26. The summed E-state index contributed by atoms with van der Waals surface area (Å²) >= 11 is 6.21. The average molecular weight is 913 g/mol. The Morgan fingerprint density at radius 2 is 1.52 bits per heavy atom. The summed E-state index contributed by atoms with van der Waals surface area (Å²) in [7, 11) is -8.46. The third-order valence-electron chi connectivity index (χ3n) is 9.83. The molecule has 1 heterocycles. The highest BCUT2D eigenvalue weighted by atomic mass is 35.5. The van der Waals surface area contributed by atoms with E-state index in [2.05, 4.69) is 66.9 Å². The fraction of sp³-hybridized carbons (Fsp3) is 0.395. The van der Waals surface area contributed by atoms with Crippen molar-refractivity contribution in [2.75, 3.05) is 21.5 Å². The van der Waals surface area contributed by atoms with Crippen LogP contribution in [0.2, 0.25) is 5.02 Å². The first kappa shape index (κ1) is 47.5. The van der Waals surface area contributed by atoms with Crippen LogP contribution >= 0.6 is 11.6 Å². The molecule has 5 aromatic rings. The van der Waals surface area contributed by atoms with Gasteiger partial charge in [-0.1, -0.05) is 97.4 Å². The van der Waals surface area contributed by atoms with E-state index < -0.39 is 37.8 Å². The van der Waals surface area contributed by atoms with Gasteiger partial charge >= 0.3 is 6.09 Å². The van der Waals surface area contributed by atoms with Crippen molar-refractivity contribution in [1.82, 2.24) is 15.2 Å². The highest BCUT2D eigenvalue weighted by molar-refractivity contribution is 7.93. The number of unbranched alkanes of at least 4 members (excludes halogenated alkanes) is 5. The fourth-order valence-electron chi connectivity index (χ4n) is 7.20. The van der Waals surface area contributed by atoms with Crippen LogP contribution in [0.5, 0.6) is 5.75 Å². The van der Waals surface area contributed by atoms with Gasteiger partial charge in [-0.05, 0) is 89.9 Å².